The first-order valence-corrected chi connectivity index (χ1v) is 9.35. The first-order chi connectivity index (χ1) is 13.7. The van der Waals surface area contributed by atoms with Crippen molar-refractivity contribution in [2.75, 3.05) is 13.3 Å². The summed E-state index contributed by atoms with van der Waals surface area (Å²) in [5.74, 6) is 2.81. The second kappa shape index (κ2) is 6.67. The Bertz CT molecular complexity index is 1030. The van der Waals surface area contributed by atoms with E-state index in [-0.39, 0.29) is 18.7 Å². The van der Waals surface area contributed by atoms with Gasteiger partial charge in [0.25, 0.3) is 5.91 Å². The maximum atomic E-state index is 13.4. The van der Waals surface area contributed by atoms with E-state index in [1.807, 2.05) is 34.7 Å². The number of aromatic nitrogens is 3. The van der Waals surface area contributed by atoms with Crippen LogP contribution in [0.15, 0.2) is 48.5 Å². The number of ether oxygens (including phenoxy) is 2. The van der Waals surface area contributed by atoms with Gasteiger partial charge in [-0.15, -0.1) is 0 Å². The molecule has 0 unspecified atom stereocenters. The lowest BCUT2D eigenvalue weighted by molar-refractivity contribution is 0.0608. The maximum Gasteiger partial charge on any atom is 0.254 e. The van der Waals surface area contributed by atoms with Crippen LogP contribution < -0.4 is 9.47 Å². The lowest BCUT2D eigenvalue weighted by Gasteiger charge is -2.35. The molecule has 28 heavy (non-hydrogen) atoms. The Labute approximate surface area is 162 Å². The van der Waals surface area contributed by atoms with Crippen LogP contribution >= 0.6 is 0 Å². The van der Waals surface area contributed by atoms with Gasteiger partial charge in [-0.05, 0) is 30.7 Å². The molecule has 0 bridgehead atoms. The predicted octanol–water partition coefficient (Wildman–Crippen LogP) is 2.76. The lowest BCUT2D eigenvalue weighted by Crippen LogP contribution is -2.43. The van der Waals surface area contributed by atoms with Gasteiger partial charge >= 0.3 is 0 Å². The number of nitrogens with zero attached hydrogens (tertiary/aromatic N) is 4. The minimum atomic E-state index is -0.171. The Hall–Kier alpha value is -3.35. The zero-order valence-electron chi connectivity index (χ0n) is 15.5. The van der Waals surface area contributed by atoms with E-state index < -0.39 is 0 Å². The summed E-state index contributed by atoms with van der Waals surface area (Å²) in [6, 6.07) is 15.3. The summed E-state index contributed by atoms with van der Waals surface area (Å²) in [7, 11) is 0. The molecule has 0 radical (unpaired) electrons. The van der Waals surface area contributed by atoms with Crippen molar-refractivity contribution in [2.24, 2.45) is 0 Å². The van der Waals surface area contributed by atoms with Crippen molar-refractivity contribution in [1.82, 2.24) is 19.7 Å². The fourth-order valence-corrected chi connectivity index (χ4v) is 3.86. The zero-order chi connectivity index (χ0) is 19.1. The molecule has 2 aromatic carbocycles. The highest BCUT2D eigenvalue weighted by Crippen LogP contribution is 2.34. The average Bonchev–Trinajstić information content (AvgIpc) is 3.33. The summed E-state index contributed by atoms with van der Waals surface area (Å²) in [5.41, 5.74) is 1.75. The SMILES string of the molecule is Cc1nc2n(n1)CCN(C(=O)c1ccc3c(c1)OCO3)[C@H]2Cc1ccccc1. The van der Waals surface area contributed by atoms with Gasteiger partial charge in [0.2, 0.25) is 6.79 Å². The van der Waals surface area contributed by atoms with Gasteiger partial charge in [-0.2, -0.15) is 5.10 Å². The molecular weight excluding hydrogens is 356 g/mol. The molecule has 2 aliphatic heterocycles. The Morgan fingerprint density at radius 2 is 1.93 bits per heavy atom. The molecule has 0 aliphatic carbocycles. The van der Waals surface area contributed by atoms with Gasteiger partial charge in [-0.25, -0.2) is 9.67 Å². The van der Waals surface area contributed by atoms with E-state index in [1.54, 1.807) is 18.2 Å². The van der Waals surface area contributed by atoms with Crippen molar-refractivity contribution in [1.29, 1.82) is 0 Å². The van der Waals surface area contributed by atoms with Crippen LogP contribution in [0.4, 0.5) is 0 Å². The van der Waals surface area contributed by atoms with Gasteiger partial charge < -0.3 is 14.4 Å². The van der Waals surface area contributed by atoms with Crippen LogP contribution in [-0.2, 0) is 13.0 Å². The average molecular weight is 376 g/mol. The number of rotatable bonds is 3. The molecule has 3 heterocycles. The van der Waals surface area contributed by atoms with E-state index in [0.717, 1.165) is 17.2 Å². The molecule has 0 spiro atoms. The highest BCUT2D eigenvalue weighted by Gasteiger charge is 2.34. The van der Waals surface area contributed by atoms with E-state index in [2.05, 4.69) is 22.2 Å². The molecule has 3 aromatic rings. The molecule has 5 rings (SSSR count). The molecule has 1 atom stereocenters. The Morgan fingerprint density at radius 3 is 2.79 bits per heavy atom. The fraction of sp³-hybridized carbons (Fsp3) is 0.286. The number of hydrogen-bond donors (Lipinski definition) is 0. The minimum Gasteiger partial charge on any atom is -0.454 e. The van der Waals surface area contributed by atoms with Gasteiger partial charge in [0.15, 0.2) is 11.5 Å². The van der Waals surface area contributed by atoms with Crippen LogP contribution in [0.25, 0.3) is 0 Å². The van der Waals surface area contributed by atoms with E-state index in [9.17, 15) is 4.79 Å². The van der Waals surface area contributed by atoms with Crippen molar-refractivity contribution < 1.29 is 14.3 Å². The van der Waals surface area contributed by atoms with Crippen molar-refractivity contribution in [3.05, 3.63) is 71.3 Å². The number of aryl methyl sites for hydroxylation is 1. The summed E-state index contributed by atoms with van der Waals surface area (Å²) in [5, 5.41) is 4.49. The molecule has 0 fully saturated rings. The van der Waals surface area contributed by atoms with Crippen LogP contribution in [0.2, 0.25) is 0 Å². The lowest BCUT2D eigenvalue weighted by atomic mass is 10.0. The quantitative estimate of drug-likeness (QED) is 0.703. The van der Waals surface area contributed by atoms with Crippen LogP contribution in [0.3, 0.4) is 0 Å². The summed E-state index contributed by atoms with van der Waals surface area (Å²) in [4.78, 5) is 19.9. The third kappa shape index (κ3) is 2.89. The smallest absolute Gasteiger partial charge is 0.254 e. The van der Waals surface area contributed by atoms with E-state index >= 15 is 0 Å². The molecule has 0 N–H and O–H groups in total. The van der Waals surface area contributed by atoms with Crippen molar-refractivity contribution >= 4 is 5.91 Å². The largest absolute Gasteiger partial charge is 0.454 e. The van der Waals surface area contributed by atoms with Crippen LogP contribution in [0, 0.1) is 6.92 Å². The van der Waals surface area contributed by atoms with Gasteiger partial charge in [0.1, 0.15) is 11.6 Å². The summed E-state index contributed by atoms with van der Waals surface area (Å²) in [6.07, 6.45) is 0.690. The molecule has 0 saturated heterocycles. The molecule has 1 aromatic heterocycles. The first-order valence-electron chi connectivity index (χ1n) is 9.35. The highest BCUT2D eigenvalue weighted by molar-refractivity contribution is 5.95. The summed E-state index contributed by atoms with van der Waals surface area (Å²) < 4.78 is 12.7. The molecule has 7 heteroatoms. The number of amides is 1. The van der Waals surface area contributed by atoms with Gasteiger partial charge in [-0.1, -0.05) is 30.3 Å². The normalized spacial score (nSPS) is 17.5. The molecule has 2 aliphatic rings. The predicted molar refractivity (Wildman–Crippen MR) is 101 cm³/mol. The third-order valence-electron chi connectivity index (χ3n) is 5.19. The molecule has 0 saturated carbocycles. The number of fused-ring (bicyclic) bond motifs is 2. The van der Waals surface area contributed by atoms with Gasteiger partial charge in [-0.3, -0.25) is 4.79 Å². The monoisotopic (exact) mass is 376 g/mol. The summed E-state index contributed by atoms with van der Waals surface area (Å²) >= 11 is 0. The minimum absolute atomic E-state index is 0.0360. The van der Waals surface area contributed by atoms with E-state index in [0.29, 0.717) is 36.6 Å². The van der Waals surface area contributed by atoms with E-state index in [4.69, 9.17) is 9.47 Å². The van der Waals surface area contributed by atoms with Crippen molar-refractivity contribution in [3.8, 4) is 11.5 Å². The van der Waals surface area contributed by atoms with Crippen molar-refractivity contribution in [2.45, 2.75) is 25.9 Å². The second-order valence-corrected chi connectivity index (χ2v) is 7.01. The van der Waals surface area contributed by atoms with Crippen LogP contribution in [0.5, 0.6) is 11.5 Å². The number of carbonyl (C=O) groups excluding carboxylic acids is 1. The third-order valence-corrected chi connectivity index (χ3v) is 5.19. The molecule has 7 nitrogen and oxygen atoms in total. The topological polar surface area (TPSA) is 69.5 Å². The first kappa shape index (κ1) is 16.8. The number of benzene rings is 2. The zero-order valence-corrected chi connectivity index (χ0v) is 15.5. The fourth-order valence-electron chi connectivity index (χ4n) is 3.86. The summed E-state index contributed by atoms with van der Waals surface area (Å²) in [6.45, 7) is 3.29. The standard InChI is InChI=1S/C21H20N4O3/c1-14-22-20-17(11-15-5-3-2-4-6-15)24(9-10-25(20)23-14)21(26)16-7-8-18-19(12-16)28-13-27-18/h2-8,12,17H,9-11,13H2,1H3/t17-/m0/s1. The van der Waals surface area contributed by atoms with Gasteiger partial charge in [0, 0.05) is 18.5 Å². The van der Waals surface area contributed by atoms with Crippen LogP contribution in [-0.4, -0.2) is 38.9 Å². The second-order valence-electron chi connectivity index (χ2n) is 7.01. The Morgan fingerprint density at radius 1 is 1.11 bits per heavy atom. The number of carbonyl (C=O) groups is 1. The van der Waals surface area contributed by atoms with Gasteiger partial charge in [0.05, 0.1) is 12.6 Å². The maximum absolute atomic E-state index is 13.4. The van der Waals surface area contributed by atoms with Crippen LogP contribution in [0.1, 0.15) is 33.6 Å². The van der Waals surface area contributed by atoms with Crippen molar-refractivity contribution in [3.63, 3.8) is 0 Å². The molecular formula is C21H20N4O3. The Balaban J connectivity index is 1.50. The highest BCUT2D eigenvalue weighted by atomic mass is 16.7. The molecule has 142 valence electrons. The Kier molecular flexibility index (Phi) is 4.00. The van der Waals surface area contributed by atoms with E-state index in [1.165, 1.54) is 0 Å². The number of hydrogen-bond acceptors (Lipinski definition) is 5. The molecule has 1 amide bonds.